The molecular formula is C23H19N5. The summed E-state index contributed by atoms with van der Waals surface area (Å²) in [6.45, 7) is 2.04. The van der Waals surface area contributed by atoms with Gasteiger partial charge in [-0.1, -0.05) is 36.4 Å². The summed E-state index contributed by atoms with van der Waals surface area (Å²) in [5.74, 6) is 0. The Hall–Kier alpha value is -3.86. The molecule has 3 heterocycles. The van der Waals surface area contributed by atoms with Crippen LogP contribution in [0.2, 0.25) is 0 Å². The maximum Gasteiger partial charge on any atom is 0.113 e. The van der Waals surface area contributed by atoms with Gasteiger partial charge in [-0.05, 0) is 55.0 Å². The predicted octanol–water partition coefficient (Wildman–Crippen LogP) is 5.08. The molecule has 136 valence electrons. The number of aromatic amines is 1. The lowest BCUT2D eigenvalue weighted by Gasteiger charge is -2.04. The number of rotatable bonds is 2. The van der Waals surface area contributed by atoms with E-state index in [2.05, 4.69) is 43.6 Å². The minimum Gasteiger partial charge on any atom is -0.256 e. The zero-order chi connectivity index (χ0) is 19.2. The first-order valence-electron chi connectivity index (χ1n) is 8.99. The molecule has 0 amide bonds. The van der Waals surface area contributed by atoms with Crippen molar-refractivity contribution in [1.82, 2.24) is 25.4 Å². The highest BCUT2D eigenvalue weighted by molar-refractivity contribution is 5.74. The van der Waals surface area contributed by atoms with Crippen molar-refractivity contribution in [2.75, 3.05) is 0 Å². The Morgan fingerprint density at radius 1 is 0.607 bits per heavy atom. The number of nitrogens with zero attached hydrogens (tertiary/aromatic N) is 4. The van der Waals surface area contributed by atoms with Gasteiger partial charge in [-0.2, -0.15) is 15.4 Å². The second kappa shape index (κ2) is 8.22. The third-order valence-electron chi connectivity index (χ3n) is 4.26. The van der Waals surface area contributed by atoms with E-state index in [0.717, 1.165) is 33.5 Å². The molecule has 2 aromatic carbocycles. The Kier molecular flexibility index (Phi) is 5.15. The summed E-state index contributed by atoms with van der Waals surface area (Å²) in [7, 11) is 0. The molecule has 0 saturated heterocycles. The van der Waals surface area contributed by atoms with Crippen LogP contribution in [0.3, 0.4) is 0 Å². The minimum atomic E-state index is 0.922. The van der Waals surface area contributed by atoms with Crippen LogP contribution >= 0.6 is 0 Å². The SMILES string of the molecule is Cc1ccc2n[nH]nc2c1.c1ccc(-c2cccc(-c3ccccn3)c2)nc1. The van der Waals surface area contributed by atoms with Gasteiger partial charge in [0.25, 0.3) is 0 Å². The molecule has 3 aromatic heterocycles. The number of benzene rings is 2. The summed E-state index contributed by atoms with van der Waals surface area (Å²) < 4.78 is 0. The number of pyridine rings is 2. The van der Waals surface area contributed by atoms with Crippen LogP contribution < -0.4 is 0 Å². The third-order valence-corrected chi connectivity index (χ3v) is 4.26. The van der Waals surface area contributed by atoms with Crippen molar-refractivity contribution in [3.05, 3.63) is 96.8 Å². The summed E-state index contributed by atoms with van der Waals surface area (Å²) in [6.07, 6.45) is 3.62. The monoisotopic (exact) mass is 365 g/mol. The Morgan fingerprint density at radius 3 is 1.86 bits per heavy atom. The molecule has 0 spiro atoms. The van der Waals surface area contributed by atoms with E-state index in [9.17, 15) is 0 Å². The molecule has 0 aliphatic heterocycles. The Morgan fingerprint density at radius 2 is 1.25 bits per heavy atom. The van der Waals surface area contributed by atoms with Crippen LogP contribution in [0, 0.1) is 6.92 Å². The molecule has 5 heteroatoms. The molecule has 5 rings (SSSR count). The molecule has 0 fully saturated rings. The maximum absolute atomic E-state index is 4.36. The van der Waals surface area contributed by atoms with Gasteiger partial charge in [0, 0.05) is 23.5 Å². The minimum absolute atomic E-state index is 0.922. The average Bonchev–Trinajstić information content (AvgIpc) is 3.23. The van der Waals surface area contributed by atoms with E-state index in [1.165, 1.54) is 5.56 Å². The van der Waals surface area contributed by atoms with Gasteiger partial charge in [-0.3, -0.25) is 9.97 Å². The van der Waals surface area contributed by atoms with Gasteiger partial charge in [-0.15, -0.1) is 0 Å². The van der Waals surface area contributed by atoms with E-state index < -0.39 is 0 Å². The first-order valence-corrected chi connectivity index (χ1v) is 8.99. The molecule has 28 heavy (non-hydrogen) atoms. The van der Waals surface area contributed by atoms with Crippen LogP contribution in [0.25, 0.3) is 33.5 Å². The number of H-pyrrole nitrogens is 1. The molecule has 0 unspecified atom stereocenters. The number of nitrogens with one attached hydrogen (secondary N) is 1. The molecule has 5 aromatic rings. The second-order valence-corrected chi connectivity index (χ2v) is 6.33. The van der Waals surface area contributed by atoms with Crippen LogP contribution in [0.1, 0.15) is 5.56 Å². The van der Waals surface area contributed by atoms with Gasteiger partial charge in [0.05, 0.1) is 11.4 Å². The van der Waals surface area contributed by atoms with Gasteiger partial charge in [0.1, 0.15) is 11.0 Å². The van der Waals surface area contributed by atoms with Crippen LogP contribution in [0.4, 0.5) is 0 Å². The fourth-order valence-electron chi connectivity index (χ4n) is 2.86. The average molecular weight is 365 g/mol. The van der Waals surface area contributed by atoms with E-state index in [0.29, 0.717) is 0 Å². The molecule has 0 aliphatic carbocycles. The summed E-state index contributed by atoms with van der Waals surface area (Å²) >= 11 is 0. The lowest BCUT2D eigenvalue weighted by atomic mass is 10.1. The third kappa shape index (κ3) is 4.10. The zero-order valence-electron chi connectivity index (χ0n) is 15.4. The van der Waals surface area contributed by atoms with E-state index in [1.807, 2.05) is 80.0 Å². The number of hydrogen-bond acceptors (Lipinski definition) is 4. The van der Waals surface area contributed by atoms with Crippen molar-refractivity contribution in [1.29, 1.82) is 0 Å². The van der Waals surface area contributed by atoms with Gasteiger partial charge >= 0.3 is 0 Å². The summed E-state index contributed by atoms with van der Waals surface area (Å²) in [5, 5.41) is 10.4. The fourth-order valence-corrected chi connectivity index (χ4v) is 2.86. The van der Waals surface area contributed by atoms with E-state index in [1.54, 1.807) is 0 Å². The van der Waals surface area contributed by atoms with E-state index in [-0.39, 0.29) is 0 Å². The standard InChI is InChI=1S/C16H12N2.C7H7N3/c1-3-10-17-15(8-1)13-6-5-7-14(12-13)16-9-2-4-11-18-16;1-5-2-3-6-7(4-5)9-10-8-6/h1-12H;2-4H,1H3,(H,8,9,10). The lowest BCUT2D eigenvalue weighted by molar-refractivity contribution is 0.959. The second-order valence-electron chi connectivity index (χ2n) is 6.33. The van der Waals surface area contributed by atoms with Crippen LogP contribution in [-0.2, 0) is 0 Å². The number of aromatic nitrogens is 5. The van der Waals surface area contributed by atoms with Gasteiger partial charge < -0.3 is 0 Å². The lowest BCUT2D eigenvalue weighted by Crippen LogP contribution is -1.85. The molecule has 0 bridgehead atoms. The highest BCUT2D eigenvalue weighted by Crippen LogP contribution is 2.23. The van der Waals surface area contributed by atoms with Crippen molar-refractivity contribution < 1.29 is 0 Å². The van der Waals surface area contributed by atoms with E-state index in [4.69, 9.17) is 0 Å². The van der Waals surface area contributed by atoms with Crippen LogP contribution in [0.5, 0.6) is 0 Å². The summed E-state index contributed by atoms with van der Waals surface area (Å²) in [6, 6.07) is 26.1. The normalized spacial score (nSPS) is 10.3. The van der Waals surface area contributed by atoms with Gasteiger partial charge in [0.2, 0.25) is 0 Å². The van der Waals surface area contributed by atoms with E-state index >= 15 is 0 Å². The molecule has 0 radical (unpaired) electrons. The van der Waals surface area contributed by atoms with Crippen LogP contribution in [0.15, 0.2) is 91.3 Å². The van der Waals surface area contributed by atoms with Crippen molar-refractivity contribution in [3.8, 4) is 22.5 Å². The highest BCUT2D eigenvalue weighted by atomic mass is 15.3. The molecular weight excluding hydrogens is 346 g/mol. The smallest absolute Gasteiger partial charge is 0.113 e. The first-order chi connectivity index (χ1) is 13.8. The van der Waals surface area contributed by atoms with Gasteiger partial charge in [0.15, 0.2) is 0 Å². The number of aryl methyl sites for hydroxylation is 1. The molecule has 0 aliphatic rings. The number of fused-ring (bicyclic) bond motifs is 1. The maximum atomic E-state index is 4.36. The summed E-state index contributed by atoms with van der Waals surface area (Å²) in [4.78, 5) is 8.73. The zero-order valence-corrected chi connectivity index (χ0v) is 15.4. The van der Waals surface area contributed by atoms with Crippen molar-refractivity contribution >= 4 is 11.0 Å². The molecule has 0 saturated carbocycles. The summed E-state index contributed by atoms with van der Waals surface area (Å²) in [5.41, 5.74) is 7.25. The largest absolute Gasteiger partial charge is 0.256 e. The fraction of sp³-hybridized carbons (Fsp3) is 0.0435. The Bertz CT molecular complexity index is 1110. The quantitative estimate of drug-likeness (QED) is 0.474. The molecule has 1 N–H and O–H groups in total. The number of hydrogen-bond donors (Lipinski definition) is 1. The van der Waals surface area contributed by atoms with Crippen molar-refractivity contribution in [2.45, 2.75) is 6.92 Å². The topological polar surface area (TPSA) is 67.3 Å². The van der Waals surface area contributed by atoms with Crippen LogP contribution in [-0.4, -0.2) is 25.4 Å². The predicted molar refractivity (Wildman–Crippen MR) is 112 cm³/mol. The van der Waals surface area contributed by atoms with Crippen molar-refractivity contribution in [3.63, 3.8) is 0 Å². The first kappa shape index (κ1) is 17.5. The molecule has 0 atom stereocenters. The Labute approximate surface area is 163 Å². The van der Waals surface area contributed by atoms with Crippen molar-refractivity contribution in [2.24, 2.45) is 0 Å². The molecule has 5 nitrogen and oxygen atoms in total. The van der Waals surface area contributed by atoms with Gasteiger partial charge in [-0.25, -0.2) is 0 Å². The Balaban J connectivity index is 0.000000162. The highest BCUT2D eigenvalue weighted by Gasteiger charge is 2.02.